The van der Waals surface area contributed by atoms with Crippen molar-refractivity contribution in [2.75, 3.05) is 12.4 Å². The number of nitrogens with zero attached hydrogens (tertiary/aromatic N) is 1. The fraction of sp³-hybridized carbons (Fsp3) is 0.0417. The zero-order chi connectivity index (χ0) is 21.1. The normalized spacial score (nSPS) is 10.4. The summed E-state index contributed by atoms with van der Waals surface area (Å²) in [6.45, 7) is 0. The third-order valence-corrected chi connectivity index (χ3v) is 4.62. The van der Waals surface area contributed by atoms with Gasteiger partial charge in [0.25, 0.3) is 5.91 Å². The van der Waals surface area contributed by atoms with E-state index in [1.807, 2.05) is 6.07 Å². The number of carbonyl (C=O) groups excluding carboxylic acids is 1. The van der Waals surface area contributed by atoms with Gasteiger partial charge in [0, 0.05) is 22.9 Å². The van der Waals surface area contributed by atoms with Crippen molar-refractivity contribution in [1.82, 2.24) is 0 Å². The summed E-state index contributed by atoms with van der Waals surface area (Å²) in [6.07, 6.45) is 0. The molecule has 0 aliphatic carbocycles. The van der Waals surface area contributed by atoms with Crippen LogP contribution in [0.25, 0.3) is 22.3 Å². The zero-order valence-electron chi connectivity index (χ0n) is 16.0. The summed E-state index contributed by atoms with van der Waals surface area (Å²) in [6, 6.07) is 22.0. The van der Waals surface area contributed by atoms with Gasteiger partial charge in [0.2, 0.25) is 0 Å². The molecule has 146 valence electrons. The van der Waals surface area contributed by atoms with Gasteiger partial charge in [-0.1, -0.05) is 6.07 Å². The van der Waals surface area contributed by atoms with Crippen LogP contribution < -0.4 is 15.5 Å². The molecule has 0 bridgehead atoms. The number of hydrogen-bond donors (Lipinski definition) is 1. The number of benzene rings is 3. The molecular weight excluding hydrogens is 380 g/mol. The van der Waals surface area contributed by atoms with Crippen LogP contribution in [-0.2, 0) is 0 Å². The Bertz CT molecular complexity index is 1350. The third-order valence-electron chi connectivity index (χ3n) is 4.62. The number of amides is 1. The smallest absolute Gasteiger partial charge is 0.255 e. The van der Waals surface area contributed by atoms with Crippen molar-refractivity contribution in [3.63, 3.8) is 0 Å². The maximum atomic E-state index is 12.5. The molecule has 0 saturated heterocycles. The van der Waals surface area contributed by atoms with Crippen molar-refractivity contribution in [2.45, 2.75) is 0 Å². The van der Waals surface area contributed by atoms with E-state index in [1.54, 1.807) is 60.7 Å². The van der Waals surface area contributed by atoms with E-state index in [9.17, 15) is 9.59 Å². The van der Waals surface area contributed by atoms with Crippen molar-refractivity contribution in [3.05, 3.63) is 94.1 Å². The first-order valence-corrected chi connectivity index (χ1v) is 9.11. The second-order valence-corrected chi connectivity index (χ2v) is 6.56. The van der Waals surface area contributed by atoms with Crippen molar-refractivity contribution in [3.8, 4) is 23.1 Å². The van der Waals surface area contributed by atoms with Gasteiger partial charge in [0.05, 0.1) is 24.1 Å². The molecule has 1 N–H and O–H groups in total. The molecule has 3 aromatic carbocycles. The molecular formula is C24H16N2O4. The van der Waals surface area contributed by atoms with E-state index in [2.05, 4.69) is 5.32 Å². The lowest BCUT2D eigenvalue weighted by Gasteiger charge is -2.08. The van der Waals surface area contributed by atoms with E-state index < -0.39 is 0 Å². The first kappa shape index (κ1) is 19.0. The topological polar surface area (TPSA) is 92.3 Å². The number of fused-ring (bicyclic) bond motifs is 1. The second-order valence-electron chi connectivity index (χ2n) is 6.56. The van der Waals surface area contributed by atoms with E-state index in [0.717, 1.165) is 0 Å². The molecule has 0 spiro atoms. The minimum Gasteiger partial charge on any atom is -0.497 e. The highest BCUT2D eigenvalue weighted by Crippen LogP contribution is 2.25. The van der Waals surface area contributed by atoms with E-state index in [0.29, 0.717) is 44.9 Å². The van der Waals surface area contributed by atoms with Crippen LogP contribution in [0.4, 0.5) is 5.69 Å². The Morgan fingerprint density at radius 1 is 1.03 bits per heavy atom. The van der Waals surface area contributed by atoms with E-state index >= 15 is 0 Å². The number of hydrogen-bond acceptors (Lipinski definition) is 5. The van der Waals surface area contributed by atoms with Crippen molar-refractivity contribution in [2.24, 2.45) is 0 Å². The van der Waals surface area contributed by atoms with Gasteiger partial charge >= 0.3 is 0 Å². The summed E-state index contributed by atoms with van der Waals surface area (Å²) in [7, 11) is 1.54. The number of nitrogens with one attached hydrogen (secondary N) is 1. The molecule has 1 aromatic heterocycles. The Morgan fingerprint density at radius 2 is 1.83 bits per heavy atom. The van der Waals surface area contributed by atoms with Gasteiger partial charge in [-0.3, -0.25) is 9.59 Å². The predicted molar refractivity (Wildman–Crippen MR) is 114 cm³/mol. The lowest BCUT2D eigenvalue weighted by atomic mass is 10.1. The summed E-state index contributed by atoms with van der Waals surface area (Å²) in [4.78, 5) is 24.9. The SMILES string of the molecule is COc1ccc2oc(-c3ccc(NC(=O)c4cccc(C#N)c4)cc3)cc(=O)c2c1. The number of anilines is 1. The molecule has 30 heavy (non-hydrogen) atoms. The maximum Gasteiger partial charge on any atom is 0.255 e. The van der Waals surface area contributed by atoms with Gasteiger partial charge in [-0.2, -0.15) is 5.26 Å². The Labute approximate surface area is 172 Å². The number of ether oxygens (including phenoxy) is 1. The van der Waals surface area contributed by atoms with Crippen LogP contribution in [0.5, 0.6) is 5.75 Å². The van der Waals surface area contributed by atoms with Crippen LogP contribution in [0, 0.1) is 11.3 Å². The van der Waals surface area contributed by atoms with Gasteiger partial charge in [0.1, 0.15) is 17.1 Å². The summed E-state index contributed by atoms with van der Waals surface area (Å²) in [5.41, 5.74) is 2.40. The highest BCUT2D eigenvalue weighted by molar-refractivity contribution is 6.04. The van der Waals surface area contributed by atoms with Crippen LogP contribution in [0.1, 0.15) is 15.9 Å². The van der Waals surface area contributed by atoms with Crippen LogP contribution >= 0.6 is 0 Å². The van der Waals surface area contributed by atoms with Crippen LogP contribution in [-0.4, -0.2) is 13.0 Å². The molecule has 0 unspecified atom stereocenters. The fourth-order valence-corrected chi connectivity index (χ4v) is 3.06. The highest BCUT2D eigenvalue weighted by Gasteiger charge is 2.10. The van der Waals surface area contributed by atoms with Gasteiger partial charge < -0.3 is 14.5 Å². The number of methoxy groups -OCH3 is 1. The highest BCUT2D eigenvalue weighted by atomic mass is 16.5. The molecule has 0 radical (unpaired) electrons. The van der Waals surface area contributed by atoms with E-state index in [1.165, 1.54) is 19.2 Å². The molecule has 1 amide bonds. The molecule has 4 rings (SSSR count). The summed E-state index contributed by atoms with van der Waals surface area (Å²) >= 11 is 0. The molecule has 6 heteroatoms. The van der Waals surface area contributed by atoms with Crippen LogP contribution in [0.15, 0.2) is 82.0 Å². The van der Waals surface area contributed by atoms with Crippen LogP contribution in [0.3, 0.4) is 0 Å². The third kappa shape index (κ3) is 3.77. The Hall–Kier alpha value is -4.37. The maximum absolute atomic E-state index is 12.5. The molecule has 4 aromatic rings. The average molecular weight is 396 g/mol. The summed E-state index contributed by atoms with van der Waals surface area (Å²) < 4.78 is 11.0. The zero-order valence-corrected chi connectivity index (χ0v) is 16.0. The lowest BCUT2D eigenvalue weighted by Crippen LogP contribution is -2.11. The Kier molecular flexibility index (Phi) is 5.02. The molecule has 0 aliphatic rings. The Morgan fingerprint density at radius 3 is 2.57 bits per heavy atom. The van der Waals surface area contributed by atoms with Gasteiger partial charge in [-0.05, 0) is 60.7 Å². The number of carbonyl (C=O) groups is 1. The molecule has 0 saturated carbocycles. The van der Waals surface area contributed by atoms with E-state index in [-0.39, 0.29) is 11.3 Å². The first-order chi connectivity index (χ1) is 14.6. The first-order valence-electron chi connectivity index (χ1n) is 9.11. The number of nitriles is 1. The minimum atomic E-state index is -0.314. The van der Waals surface area contributed by atoms with Gasteiger partial charge in [-0.15, -0.1) is 0 Å². The van der Waals surface area contributed by atoms with Crippen molar-refractivity contribution >= 4 is 22.6 Å². The van der Waals surface area contributed by atoms with Crippen molar-refractivity contribution < 1.29 is 13.9 Å². The largest absolute Gasteiger partial charge is 0.497 e. The monoisotopic (exact) mass is 396 g/mol. The molecule has 0 atom stereocenters. The molecule has 0 fully saturated rings. The van der Waals surface area contributed by atoms with E-state index in [4.69, 9.17) is 14.4 Å². The standard InChI is InChI=1S/C24H16N2O4/c1-29-19-9-10-22-20(12-19)21(27)13-23(30-22)16-5-7-18(8-6-16)26-24(28)17-4-2-3-15(11-17)14-25/h2-13H,1H3,(H,26,28). The van der Waals surface area contributed by atoms with Crippen molar-refractivity contribution in [1.29, 1.82) is 5.26 Å². The number of rotatable bonds is 4. The second kappa shape index (κ2) is 7.94. The fourth-order valence-electron chi connectivity index (χ4n) is 3.06. The predicted octanol–water partition coefficient (Wildman–Crippen LogP) is 4.59. The Balaban J connectivity index is 1.58. The van der Waals surface area contributed by atoms with Crippen LogP contribution in [0.2, 0.25) is 0 Å². The lowest BCUT2D eigenvalue weighted by molar-refractivity contribution is 0.102. The van der Waals surface area contributed by atoms with Gasteiger partial charge in [0.15, 0.2) is 5.43 Å². The quantitative estimate of drug-likeness (QED) is 0.545. The molecule has 1 heterocycles. The summed E-state index contributed by atoms with van der Waals surface area (Å²) in [5, 5.41) is 12.2. The minimum absolute atomic E-state index is 0.167. The summed E-state index contributed by atoms with van der Waals surface area (Å²) in [5.74, 6) is 0.700. The molecule has 0 aliphatic heterocycles. The molecule has 6 nitrogen and oxygen atoms in total. The van der Waals surface area contributed by atoms with Gasteiger partial charge in [-0.25, -0.2) is 0 Å². The average Bonchev–Trinajstić information content (AvgIpc) is 2.79.